The first-order chi connectivity index (χ1) is 15.9. The quantitative estimate of drug-likeness (QED) is 0.564. The summed E-state index contributed by atoms with van der Waals surface area (Å²) in [5.41, 5.74) is 1.55. The number of nitrogens with zero attached hydrogens (tertiary/aromatic N) is 4. The van der Waals surface area contributed by atoms with Gasteiger partial charge in [-0.15, -0.1) is 16.4 Å². The van der Waals surface area contributed by atoms with Crippen LogP contribution in [0, 0.1) is 0 Å². The van der Waals surface area contributed by atoms with Gasteiger partial charge in [0.25, 0.3) is 5.91 Å². The summed E-state index contributed by atoms with van der Waals surface area (Å²) in [5, 5.41) is 16.5. The molecular weight excluding hydrogens is 446 g/mol. The second kappa shape index (κ2) is 9.69. The highest BCUT2D eigenvalue weighted by atomic mass is 32.1. The Hall–Kier alpha value is -3.28. The molecule has 2 aromatic heterocycles. The van der Waals surface area contributed by atoms with Gasteiger partial charge in [-0.3, -0.25) is 9.69 Å². The van der Waals surface area contributed by atoms with Crippen molar-refractivity contribution in [1.29, 1.82) is 0 Å². The van der Waals surface area contributed by atoms with Crippen LogP contribution < -0.4 is 5.32 Å². The fourth-order valence-electron chi connectivity index (χ4n) is 3.62. The monoisotopic (exact) mass is 471 g/mol. The molecule has 2 N–H and O–H groups in total. The predicted molar refractivity (Wildman–Crippen MR) is 124 cm³/mol. The van der Waals surface area contributed by atoms with Crippen LogP contribution in [0.4, 0.5) is 10.6 Å². The Labute approximate surface area is 194 Å². The molecule has 1 aromatic carbocycles. The Morgan fingerprint density at radius 1 is 1.15 bits per heavy atom. The first kappa shape index (κ1) is 22.9. The fraction of sp³-hybridized carbons (Fsp3) is 0.364. The van der Waals surface area contributed by atoms with Crippen LogP contribution in [0.2, 0.25) is 0 Å². The van der Waals surface area contributed by atoms with E-state index in [9.17, 15) is 19.5 Å². The molecule has 33 heavy (non-hydrogen) atoms. The fourth-order valence-corrected chi connectivity index (χ4v) is 4.56. The van der Waals surface area contributed by atoms with Crippen molar-refractivity contribution < 1.29 is 24.2 Å². The molecule has 3 heterocycles. The maximum Gasteiger partial charge on any atom is 0.436 e. The van der Waals surface area contributed by atoms with E-state index < -0.39 is 18.0 Å². The molecule has 174 valence electrons. The van der Waals surface area contributed by atoms with Gasteiger partial charge in [0, 0.05) is 38.3 Å². The van der Waals surface area contributed by atoms with Crippen molar-refractivity contribution in [3.8, 4) is 0 Å². The maximum absolute atomic E-state index is 12.8. The molecule has 0 spiro atoms. The number of carbonyl (C=O) groups excluding carboxylic acids is 2. The summed E-state index contributed by atoms with van der Waals surface area (Å²) >= 11 is 0.890. The van der Waals surface area contributed by atoms with Crippen molar-refractivity contribution >= 4 is 45.3 Å². The Kier molecular flexibility index (Phi) is 6.72. The standard InChI is InChI=1S/C22H25N5O5S/c1-3-32-22(31)27-20-16(12-17(33-20)21(29)30)18(24-27)23-19(28)15-6-4-14(5-7-15)13-26-10-8-25(2)9-11-26/h4-7,12H,3,8-11,13H2,1-2H3,(H,29,30)(H,23,24,28). The SMILES string of the molecule is CCOC(=O)n1nc(NC(=O)c2ccc(CN3CCN(C)CC3)cc2)c2cc(C(=O)O)sc21. The number of ether oxygens (including phenoxy) is 1. The third kappa shape index (κ3) is 5.05. The van der Waals surface area contributed by atoms with Gasteiger partial charge < -0.3 is 20.1 Å². The number of hydrogen-bond acceptors (Lipinski definition) is 8. The van der Waals surface area contributed by atoms with E-state index in [2.05, 4.69) is 27.3 Å². The molecule has 1 saturated heterocycles. The average molecular weight is 472 g/mol. The Bertz CT molecular complexity index is 1180. The number of likely N-dealkylation sites (N-methyl/N-ethyl adjacent to an activating group) is 1. The smallest absolute Gasteiger partial charge is 0.436 e. The second-order valence-electron chi connectivity index (χ2n) is 7.82. The van der Waals surface area contributed by atoms with Crippen LogP contribution in [0.1, 0.15) is 32.5 Å². The highest BCUT2D eigenvalue weighted by Crippen LogP contribution is 2.32. The Morgan fingerprint density at radius 2 is 1.85 bits per heavy atom. The number of fused-ring (bicyclic) bond motifs is 1. The highest BCUT2D eigenvalue weighted by molar-refractivity contribution is 7.20. The molecule has 4 rings (SSSR count). The van der Waals surface area contributed by atoms with E-state index in [4.69, 9.17) is 4.74 Å². The number of amides is 1. The molecule has 10 nitrogen and oxygen atoms in total. The zero-order valence-corrected chi connectivity index (χ0v) is 19.2. The molecule has 0 aliphatic carbocycles. The van der Waals surface area contributed by atoms with Gasteiger partial charge in [-0.1, -0.05) is 12.1 Å². The number of aromatic nitrogens is 2. The molecule has 0 atom stereocenters. The molecule has 1 aliphatic rings. The van der Waals surface area contributed by atoms with E-state index >= 15 is 0 Å². The van der Waals surface area contributed by atoms with Gasteiger partial charge in [0.05, 0.1) is 12.0 Å². The Balaban J connectivity index is 1.51. The normalized spacial score (nSPS) is 15.0. The van der Waals surface area contributed by atoms with Crippen LogP contribution in [0.5, 0.6) is 0 Å². The second-order valence-corrected chi connectivity index (χ2v) is 8.86. The van der Waals surface area contributed by atoms with Crippen LogP contribution in [0.3, 0.4) is 0 Å². The number of benzene rings is 1. The number of rotatable bonds is 6. The lowest BCUT2D eigenvalue weighted by Gasteiger charge is -2.32. The summed E-state index contributed by atoms with van der Waals surface area (Å²) in [7, 11) is 2.12. The van der Waals surface area contributed by atoms with E-state index in [0.29, 0.717) is 15.8 Å². The minimum absolute atomic E-state index is 0.0317. The molecule has 0 radical (unpaired) electrons. The number of carboxylic acid groups (broad SMARTS) is 1. The summed E-state index contributed by atoms with van der Waals surface area (Å²) in [6, 6.07) is 8.73. The van der Waals surface area contributed by atoms with Crippen molar-refractivity contribution in [3.05, 3.63) is 46.3 Å². The number of piperazine rings is 1. The average Bonchev–Trinajstić information content (AvgIpc) is 3.37. The van der Waals surface area contributed by atoms with Gasteiger partial charge in [0.1, 0.15) is 9.71 Å². The van der Waals surface area contributed by atoms with Gasteiger partial charge in [0.2, 0.25) is 0 Å². The number of carboxylic acids is 1. The molecule has 11 heteroatoms. The molecule has 1 fully saturated rings. The van der Waals surface area contributed by atoms with Crippen molar-refractivity contribution in [1.82, 2.24) is 19.6 Å². The zero-order valence-electron chi connectivity index (χ0n) is 18.4. The molecular formula is C22H25N5O5S. The van der Waals surface area contributed by atoms with E-state index in [1.54, 1.807) is 19.1 Å². The minimum Gasteiger partial charge on any atom is -0.477 e. The van der Waals surface area contributed by atoms with Gasteiger partial charge >= 0.3 is 12.1 Å². The summed E-state index contributed by atoms with van der Waals surface area (Å²) < 4.78 is 5.97. The number of carbonyl (C=O) groups is 3. The lowest BCUT2D eigenvalue weighted by Crippen LogP contribution is -2.43. The molecule has 3 aromatic rings. The lowest BCUT2D eigenvalue weighted by atomic mass is 10.1. The van der Waals surface area contributed by atoms with Crippen molar-refractivity contribution in [3.63, 3.8) is 0 Å². The molecule has 0 unspecified atom stereocenters. The first-order valence-electron chi connectivity index (χ1n) is 10.6. The van der Waals surface area contributed by atoms with Crippen LogP contribution in [-0.2, 0) is 11.3 Å². The van der Waals surface area contributed by atoms with Crippen molar-refractivity contribution in [2.75, 3.05) is 45.2 Å². The predicted octanol–water partition coefficient (Wildman–Crippen LogP) is 2.80. The topological polar surface area (TPSA) is 117 Å². The zero-order chi connectivity index (χ0) is 23.5. The van der Waals surface area contributed by atoms with Gasteiger partial charge in [-0.05, 0) is 37.7 Å². The molecule has 1 amide bonds. The summed E-state index contributed by atoms with van der Waals surface area (Å²) in [5.74, 6) is -1.42. The largest absolute Gasteiger partial charge is 0.477 e. The van der Waals surface area contributed by atoms with Crippen molar-refractivity contribution in [2.24, 2.45) is 0 Å². The minimum atomic E-state index is -1.13. The number of aromatic carboxylic acids is 1. The van der Waals surface area contributed by atoms with E-state index in [1.165, 1.54) is 6.07 Å². The number of hydrogen-bond donors (Lipinski definition) is 2. The van der Waals surface area contributed by atoms with Gasteiger partial charge in [-0.25, -0.2) is 9.59 Å². The van der Waals surface area contributed by atoms with Gasteiger partial charge in [0.15, 0.2) is 5.82 Å². The third-order valence-corrected chi connectivity index (χ3v) is 6.56. The van der Waals surface area contributed by atoms with E-state index in [0.717, 1.165) is 54.3 Å². The lowest BCUT2D eigenvalue weighted by molar-refractivity contribution is 0.0702. The number of anilines is 1. The number of nitrogens with one attached hydrogen (secondary N) is 1. The number of thiophene rings is 1. The van der Waals surface area contributed by atoms with Crippen LogP contribution in [0.15, 0.2) is 30.3 Å². The maximum atomic E-state index is 12.8. The van der Waals surface area contributed by atoms with E-state index in [-0.39, 0.29) is 17.3 Å². The third-order valence-electron chi connectivity index (χ3n) is 5.46. The molecule has 0 bridgehead atoms. The summed E-state index contributed by atoms with van der Waals surface area (Å²) in [6.07, 6.45) is -0.741. The van der Waals surface area contributed by atoms with E-state index in [1.807, 2.05) is 12.1 Å². The van der Waals surface area contributed by atoms with Crippen LogP contribution in [-0.4, -0.2) is 82.5 Å². The molecule has 0 saturated carbocycles. The summed E-state index contributed by atoms with van der Waals surface area (Å²) in [6.45, 7) is 6.73. The summed E-state index contributed by atoms with van der Waals surface area (Å²) in [4.78, 5) is 41.5. The van der Waals surface area contributed by atoms with Gasteiger partial charge in [-0.2, -0.15) is 4.68 Å². The van der Waals surface area contributed by atoms with Crippen LogP contribution in [0.25, 0.3) is 10.2 Å². The molecule has 1 aliphatic heterocycles. The first-order valence-corrected chi connectivity index (χ1v) is 11.4. The highest BCUT2D eigenvalue weighted by Gasteiger charge is 2.23. The van der Waals surface area contributed by atoms with Crippen LogP contribution >= 0.6 is 11.3 Å². The van der Waals surface area contributed by atoms with Crippen molar-refractivity contribution in [2.45, 2.75) is 13.5 Å². The Morgan fingerprint density at radius 3 is 2.48 bits per heavy atom.